The molecule has 1 N–H and O–H groups in total. The Balaban J connectivity index is 1.60. The van der Waals surface area contributed by atoms with E-state index in [0.29, 0.717) is 26.2 Å². The smallest absolute Gasteiger partial charge is 0.261 e. The third-order valence-corrected chi connectivity index (χ3v) is 12.9. The van der Waals surface area contributed by atoms with Crippen molar-refractivity contribution < 1.29 is 23.7 Å². The number of ether oxygens (including phenoxy) is 3. The molecule has 4 aromatic rings. The van der Waals surface area contributed by atoms with Crippen LogP contribution < -0.4 is 15.1 Å². The molecule has 5 nitrogen and oxygen atoms in total. The largest absolute Gasteiger partial charge is 0.497 e. The summed E-state index contributed by atoms with van der Waals surface area (Å²) in [4.78, 5) is 0. The highest BCUT2D eigenvalue weighted by atomic mass is 28.4. The van der Waals surface area contributed by atoms with Crippen molar-refractivity contribution in [3.8, 4) is 5.75 Å². The van der Waals surface area contributed by atoms with Crippen LogP contribution >= 0.6 is 0 Å². The van der Waals surface area contributed by atoms with Gasteiger partial charge in [0.05, 0.1) is 32.5 Å². The normalized spacial score (nSPS) is 14.2. The Morgan fingerprint density at radius 3 is 1.65 bits per heavy atom. The molecular formula is C37H46O5Si. The maximum Gasteiger partial charge on any atom is 0.261 e. The van der Waals surface area contributed by atoms with E-state index in [0.717, 1.165) is 16.9 Å². The maximum absolute atomic E-state index is 10.9. The van der Waals surface area contributed by atoms with Gasteiger partial charge in [-0.05, 0) is 52.0 Å². The highest BCUT2D eigenvalue weighted by Gasteiger charge is 2.50. The van der Waals surface area contributed by atoms with Crippen LogP contribution in [0.2, 0.25) is 5.04 Å². The molecule has 0 aliphatic rings. The van der Waals surface area contributed by atoms with Crippen LogP contribution in [-0.2, 0) is 27.1 Å². The van der Waals surface area contributed by atoms with Crippen molar-refractivity contribution >= 4 is 18.7 Å². The van der Waals surface area contributed by atoms with Gasteiger partial charge in [-0.15, -0.1) is 0 Å². The Labute approximate surface area is 258 Å². The van der Waals surface area contributed by atoms with Crippen LogP contribution in [0.4, 0.5) is 0 Å². The van der Waals surface area contributed by atoms with Crippen molar-refractivity contribution in [2.45, 2.75) is 70.7 Å². The van der Waals surface area contributed by atoms with E-state index < -0.39 is 26.6 Å². The Morgan fingerprint density at radius 2 is 1.16 bits per heavy atom. The molecule has 0 amide bonds. The molecule has 0 saturated carbocycles. The molecule has 228 valence electrons. The zero-order valence-corrected chi connectivity index (χ0v) is 27.1. The van der Waals surface area contributed by atoms with Crippen LogP contribution in [0.3, 0.4) is 0 Å². The second kappa shape index (κ2) is 15.5. The van der Waals surface area contributed by atoms with Gasteiger partial charge in [0.2, 0.25) is 0 Å². The SMILES string of the molecule is COc1ccc(CO[C@@H](CCO[Si](c2ccccc2)(c2ccccc2)C(C)(C)C)[C@H](OCc2ccccc2)C(C)O)cc1. The van der Waals surface area contributed by atoms with E-state index in [2.05, 4.69) is 81.4 Å². The van der Waals surface area contributed by atoms with Gasteiger partial charge < -0.3 is 23.7 Å². The summed E-state index contributed by atoms with van der Waals surface area (Å²) in [6.07, 6.45) is -1.12. The summed E-state index contributed by atoms with van der Waals surface area (Å²) in [7, 11) is -1.06. The van der Waals surface area contributed by atoms with Gasteiger partial charge in [0.25, 0.3) is 8.32 Å². The average Bonchev–Trinajstić information content (AvgIpc) is 3.02. The van der Waals surface area contributed by atoms with E-state index >= 15 is 0 Å². The topological polar surface area (TPSA) is 57.2 Å². The Bertz CT molecular complexity index is 1300. The minimum atomic E-state index is -2.72. The molecular weight excluding hydrogens is 552 g/mol. The summed E-state index contributed by atoms with van der Waals surface area (Å²) in [5.74, 6) is 0.798. The van der Waals surface area contributed by atoms with Crippen molar-refractivity contribution in [3.63, 3.8) is 0 Å². The second-order valence-corrected chi connectivity index (χ2v) is 16.3. The fourth-order valence-corrected chi connectivity index (χ4v) is 10.3. The minimum absolute atomic E-state index is 0.136. The van der Waals surface area contributed by atoms with E-state index in [1.54, 1.807) is 14.0 Å². The molecule has 0 saturated heterocycles. The number of hydrogen-bond donors (Lipinski definition) is 1. The molecule has 0 aliphatic carbocycles. The van der Waals surface area contributed by atoms with Crippen LogP contribution in [0.1, 0.15) is 45.2 Å². The lowest BCUT2D eigenvalue weighted by molar-refractivity contribution is -0.132. The quantitative estimate of drug-likeness (QED) is 0.158. The minimum Gasteiger partial charge on any atom is -0.497 e. The van der Waals surface area contributed by atoms with Gasteiger partial charge >= 0.3 is 0 Å². The molecule has 0 fully saturated rings. The van der Waals surface area contributed by atoms with Crippen molar-refractivity contribution in [3.05, 3.63) is 126 Å². The van der Waals surface area contributed by atoms with Gasteiger partial charge in [0.1, 0.15) is 11.9 Å². The fourth-order valence-electron chi connectivity index (χ4n) is 5.68. The molecule has 0 spiro atoms. The molecule has 1 unspecified atom stereocenters. The lowest BCUT2D eigenvalue weighted by atomic mass is 10.1. The molecule has 0 bridgehead atoms. The first kappa shape index (κ1) is 32.6. The zero-order chi connectivity index (χ0) is 30.7. The predicted octanol–water partition coefficient (Wildman–Crippen LogP) is 6.51. The summed E-state index contributed by atoms with van der Waals surface area (Å²) in [6.45, 7) is 9.82. The van der Waals surface area contributed by atoms with Crippen LogP contribution in [0.5, 0.6) is 5.75 Å². The van der Waals surface area contributed by atoms with Gasteiger partial charge in [0.15, 0.2) is 0 Å². The summed E-state index contributed by atoms with van der Waals surface area (Å²) >= 11 is 0. The van der Waals surface area contributed by atoms with Crippen LogP contribution in [-0.4, -0.2) is 45.5 Å². The highest BCUT2D eigenvalue weighted by molar-refractivity contribution is 6.99. The van der Waals surface area contributed by atoms with E-state index in [1.165, 1.54) is 10.4 Å². The number of aliphatic hydroxyl groups is 1. The third-order valence-electron chi connectivity index (χ3n) is 7.89. The summed E-state index contributed by atoms with van der Waals surface area (Å²) in [5.41, 5.74) is 2.07. The molecule has 4 rings (SSSR count). The van der Waals surface area contributed by atoms with Crippen molar-refractivity contribution in [1.82, 2.24) is 0 Å². The second-order valence-electron chi connectivity index (χ2n) is 12.0. The number of benzene rings is 4. The number of rotatable bonds is 15. The van der Waals surface area contributed by atoms with Gasteiger partial charge in [-0.25, -0.2) is 0 Å². The Kier molecular flexibility index (Phi) is 11.7. The summed E-state index contributed by atoms with van der Waals surface area (Å²) in [6, 6.07) is 39.1. The van der Waals surface area contributed by atoms with E-state index in [9.17, 15) is 5.11 Å². The maximum atomic E-state index is 10.9. The first-order valence-corrected chi connectivity index (χ1v) is 17.0. The molecule has 0 aliphatic heterocycles. The van der Waals surface area contributed by atoms with Crippen molar-refractivity contribution in [2.75, 3.05) is 13.7 Å². The molecule has 6 heteroatoms. The monoisotopic (exact) mass is 598 g/mol. The van der Waals surface area contributed by atoms with Crippen LogP contribution in [0.15, 0.2) is 115 Å². The third kappa shape index (κ3) is 8.43. The number of hydrogen-bond acceptors (Lipinski definition) is 5. The molecule has 3 atom stereocenters. The van der Waals surface area contributed by atoms with Gasteiger partial charge in [-0.3, -0.25) is 0 Å². The summed E-state index contributed by atoms with van der Waals surface area (Å²) < 4.78 is 25.4. The lowest BCUT2D eigenvalue weighted by Gasteiger charge is -2.43. The van der Waals surface area contributed by atoms with Crippen LogP contribution in [0, 0.1) is 0 Å². The number of aliphatic hydroxyl groups excluding tert-OH is 1. The van der Waals surface area contributed by atoms with Gasteiger partial charge in [0, 0.05) is 6.61 Å². The molecule has 0 heterocycles. The Hall–Kier alpha value is -3.26. The number of methoxy groups -OCH3 is 1. The fraction of sp³-hybridized carbons (Fsp3) is 0.351. The highest BCUT2D eigenvalue weighted by Crippen LogP contribution is 2.37. The first-order chi connectivity index (χ1) is 20.7. The lowest BCUT2D eigenvalue weighted by Crippen LogP contribution is -2.66. The van der Waals surface area contributed by atoms with E-state index in [1.807, 2.05) is 54.6 Å². The van der Waals surface area contributed by atoms with Crippen molar-refractivity contribution in [2.24, 2.45) is 0 Å². The molecule has 43 heavy (non-hydrogen) atoms. The van der Waals surface area contributed by atoms with E-state index in [4.69, 9.17) is 18.6 Å². The van der Waals surface area contributed by atoms with Crippen LogP contribution in [0.25, 0.3) is 0 Å². The van der Waals surface area contributed by atoms with Crippen molar-refractivity contribution in [1.29, 1.82) is 0 Å². The molecule has 4 aromatic carbocycles. The summed E-state index contributed by atoms with van der Waals surface area (Å²) in [5, 5.41) is 13.2. The Morgan fingerprint density at radius 1 is 0.674 bits per heavy atom. The molecule has 0 radical (unpaired) electrons. The molecule has 0 aromatic heterocycles. The van der Waals surface area contributed by atoms with E-state index in [-0.39, 0.29) is 5.04 Å². The average molecular weight is 599 g/mol. The van der Waals surface area contributed by atoms with Gasteiger partial charge in [-0.2, -0.15) is 0 Å². The predicted molar refractivity (Wildman–Crippen MR) is 176 cm³/mol. The first-order valence-electron chi connectivity index (χ1n) is 15.1. The van der Waals surface area contributed by atoms with Gasteiger partial charge in [-0.1, -0.05) is 124 Å². The zero-order valence-electron chi connectivity index (χ0n) is 26.1. The standard InChI is InChI=1S/C37H46O5Si/c1-29(38)36(41-28-30-15-9-6-10-16-30)35(40-27-31-21-23-32(39-5)24-22-31)25-26-42-43(37(2,3)4,33-17-11-7-12-18-33)34-19-13-8-14-20-34/h6-24,29,35-36,38H,25-28H2,1-5H3/t29?,35-,36+/m0/s1.